The van der Waals surface area contributed by atoms with Crippen LogP contribution >= 0.6 is 11.3 Å². The number of fused-ring (bicyclic) bond motifs is 1. The van der Waals surface area contributed by atoms with Crippen LogP contribution in [0.4, 0.5) is 5.69 Å². The van der Waals surface area contributed by atoms with E-state index in [1.165, 1.54) is 28.2 Å². The molecule has 0 spiro atoms. The number of aromatic nitrogens is 1. The Labute approximate surface area is 124 Å². The average molecular weight is 287 g/mol. The monoisotopic (exact) mass is 287 g/mol. The van der Waals surface area contributed by atoms with Crippen molar-refractivity contribution in [1.29, 1.82) is 0 Å². The summed E-state index contributed by atoms with van der Waals surface area (Å²) in [6.45, 7) is 4.12. The van der Waals surface area contributed by atoms with Crippen LogP contribution in [0.25, 0.3) is 0 Å². The average Bonchev–Trinajstić information content (AvgIpc) is 2.75. The highest BCUT2D eigenvalue weighted by molar-refractivity contribution is 7.09. The van der Waals surface area contributed by atoms with Gasteiger partial charge < -0.3 is 5.32 Å². The summed E-state index contributed by atoms with van der Waals surface area (Å²) in [7, 11) is 2.22. The first-order valence-corrected chi connectivity index (χ1v) is 8.03. The number of nitrogens with zero attached hydrogens (tertiary/aromatic N) is 2. The summed E-state index contributed by atoms with van der Waals surface area (Å²) in [5.41, 5.74) is 5.86. The Hall–Kier alpha value is -1.39. The van der Waals surface area contributed by atoms with E-state index in [9.17, 15) is 0 Å². The number of nitrogens with one attached hydrogen (secondary N) is 1. The maximum atomic E-state index is 4.34. The Morgan fingerprint density at radius 1 is 1.40 bits per heavy atom. The van der Waals surface area contributed by atoms with Crippen molar-refractivity contribution in [2.45, 2.75) is 32.4 Å². The molecule has 0 bridgehead atoms. The van der Waals surface area contributed by atoms with Crippen molar-refractivity contribution < 1.29 is 0 Å². The van der Waals surface area contributed by atoms with E-state index >= 15 is 0 Å². The Balaban J connectivity index is 1.66. The van der Waals surface area contributed by atoms with Gasteiger partial charge in [0.25, 0.3) is 0 Å². The van der Waals surface area contributed by atoms with Gasteiger partial charge in [-0.15, -0.1) is 11.3 Å². The van der Waals surface area contributed by atoms with Crippen LogP contribution < -0.4 is 5.32 Å². The molecule has 0 aliphatic carbocycles. The third-order valence-electron chi connectivity index (χ3n) is 4.15. The third kappa shape index (κ3) is 2.86. The zero-order valence-electron chi connectivity index (χ0n) is 12.1. The van der Waals surface area contributed by atoms with Crippen molar-refractivity contribution in [1.82, 2.24) is 9.88 Å². The van der Waals surface area contributed by atoms with Gasteiger partial charge in [0.1, 0.15) is 0 Å². The molecule has 0 saturated heterocycles. The van der Waals surface area contributed by atoms with Crippen LogP contribution in [0.15, 0.2) is 29.8 Å². The van der Waals surface area contributed by atoms with Gasteiger partial charge in [-0.05, 0) is 38.4 Å². The Bertz CT molecular complexity index is 552. The molecule has 2 aromatic rings. The number of para-hydroxylation sites is 1. The van der Waals surface area contributed by atoms with Crippen LogP contribution in [-0.2, 0) is 13.0 Å². The van der Waals surface area contributed by atoms with E-state index in [0.29, 0.717) is 6.04 Å². The first-order chi connectivity index (χ1) is 9.74. The van der Waals surface area contributed by atoms with Gasteiger partial charge in [-0.3, -0.25) is 4.90 Å². The highest BCUT2D eigenvalue weighted by Gasteiger charge is 2.20. The summed E-state index contributed by atoms with van der Waals surface area (Å²) in [4.78, 5) is 8.18. The number of thiazole rings is 1. The lowest BCUT2D eigenvalue weighted by Gasteiger charge is -2.26. The van der Waals surface area contributed by atoms with Crippen LogP contribution in [-0.4, -0.2) is 29.5 Å². The number of rotatable bonds is 3. The van der Waals surface area contributed by atoms with Crippen molar-refractivity contribution in [3.63, 3.8) is 0 Å². The first kappa shape index (κ1) is 13.6. The maximum Gasteiger partial charge on any atom is 0.0798 e. The SMILES string of the molecule is Cc1ncsc1CN(C)C1CCc2ccccc2NC1. The quantitative estimate of drug-likeness (QED) is 0.938. The molecule has 0 radical (unpaired) electrons. The van der Waals surface area contributed by atoms with Gasteiger partial charge in [-0.2, -0.15) is 0 Å². The highest BCUT2D eigenvalue weighted by atomic mass is 32.1. The van der Waals surface area contributed by atoms with E-state index in [0.717, 1.165) is 19.5 Å². The predicted molar refractivity (Wildman–Crippen MR) is 85.4 cm³/mol. The van der Waals surface area contributed by atoms with E-state index in [4.69, 9.17) is 0 Å². The number of likely N-dealkylation sites (N-methyl/N-ethyl adjacent to an activating group) is 1. The van der Waals surface area contributed by atoms with Crippen LogP contribution in [0.2, 0.25) is 0 Å². The molecule has 106 valence electrons. The van der Waals surface area contributed by atoms with Gasteiger partial charge >= 0.3 is 0 Å². The normalized spacial score (nSPS) is 18.4. The molecule has 0 fully saturated rings. The lowest BCUT2D eigenvalue weighted by atomic mass is 10.1. The zero-order valence-corrected chi connectivity index (χ0v) is 12.9. The predicted octanol–water partition coefficient (Wildman–Crippen LogP) is 3.31. The fourth-order valence-corrected chi connectivity index (χ4v) is 3.61. The van der Waals surface area contributed by atoms with E-state index < -0.39 is 0 Å². The molecule has 1 aliphatic heterocycles. The summed E-state index contributed by atoms with van der Waals surface area (Å²) in [5.74, 6) is 0. The fraction of sp³-hybridized carbons (Fsp3) is 0.438. The number of benzene rings is 1. The van der Waals surface area contributed by atoms with E-state index in [2.05, 4.69) is 53.4 Å². The molecule has 0 amide bonds. The van der Waals surface area contributed by atoms with Crippen molar-refractivity contribution in [2.24, 2.45) is 0 Å². The second-order valence-corrected chi connectivity index (χ2v) is 6.45. The molecule has 1 aliphatic rings. The Morgan fingerprint density at radius 3 is 3.05 bits per heavy atom. The fourth-order valence-electron chi connectivity index (χ4n) is 2.77. The minimum Gasteiger partial charge on any atom is -0.383 e. The maximum absolute atomic E-state index is 4.34. The summed E-state index contributed by atoms with van der Waals surface area (Å²) < 4.78 is 0. The minimum atomic E-state index is 0.573. The molecule has 1 aromatic carbocycles. The van der Waals surface area contributed by atoms with E-state index in [1.807, 2.05) is 5.51 Å². The van der Waals surface area contributed by atoms with Gasteiger partial charge in [0, 0.05) is 29.7 Å². The second kappa shape index (κ2) is 5.94. The number of hydrogen-bond acceptors (Lipinski definition) is 4. The van der Waals surface area contributed by atoms with Gasteiger partial charge in [-0.1, -0.05) is 18.2 Å². The molecule has 0 saturated carbocycles. The van der Waals surface area contributed by atoms with Gasteiger partial charge in [0.05, 0.1) is 11.2 Å². The molecule has 1 aromatic heterocycles. The molecular weight excluding hydrogens is 266 g/mol. The molecule has 1 unspecified atom stereocenters. The molecule has 20 heavy (non-hydrogen) atoms. The first-order valence-electron chi connectivity index (χ1n) is 7.15. The summed E-state index contributed by atoms with van der Waals surface area (Å²) in [5, 5.41) is 3.60. The second-order valence-electron chi connectivity index (χ2n) is 5.51. The van der Waals surface area contributed by atoms with Crippen LogP contribution in [0.5, 0.6) is 0 Å². The topological polar surface area (TPSA) is 28.2 Å². The largest absolute Gasteiger partial charge is 0.383 e. The van der Waals surface area contributed by atoms with Crippen LogP contribution in [0.3, 0.4) is 0 Å². The van der Waals surface area contributed by atoms with Crippen molar-refractivity contribution in [2.75, 3.05) is 18.9 Å². The summed E-state index contributed by atoms with van der Waals surface area (Å²) >= 11 is 1.76. The third-order valence-corrected chi connectivity index (χ3v) is 5.07. The van der Waals surface area contributed by atoms with E-state index in [1.54, 1.807) is 11.3 Å². The van der Waals surface area contributed by atoms with Crippen LogP contribution in [0, 0.1) is 6.92 Å². The van der Waals surface area contributed by atoms with Crippen molar-refractivity contribution >= 4 is 17.0 Å². The molecule has 3 nitrogen and oxygen atoms in total. The van der Waals surface area contributed by atoms with Crippen molar-refractivity contribution in [3.05, 3.63) is 45.9 Å². The lowest BCUT2D eigenvalue weighted by molar-refractivity contribution is 0.235. The number of aryl methyl sites for hydroxylation is 2. The van der Waals surface area contributed by atoms with Gasteiger partial charge in [0.2, 0.25) is 0 Å². The summed E-state index contributed by atoms with van der Waals surface area (Å²) in [6, 6.07) is 9.23. The van der Waals surface area contributed by atoms with Gasteiger partial charge in [0.15, 0.2) is 0 Å². The zero-order chi connectivity index (χ0) is 13.9. The molecular formula is C16H21N3S. The Morgan fingerprint density at radius 2 is 2.25 bits per heavy atom. The van der Waals surface area contributed by atoms with Gasteiger partial charge in [-0.25, -0.2) is 4.98 Å². The Kier molecular flexibility index (Phi) is 4.03. The molecule has 4 heteroatoms. The number of hydrogen-bond donors (Lipinski definition) is 1. The molecule has 3 rings (SSSR count). The standard InChI is InChI=1S/C16H21N3S/c1-12-16(20-11-18-12)10-19(2)14-8-7-13-5-3-4-6-15(13)17-9-14/h3-6,11,14,17H,7-10H2,1-2H3. The number of anilines is 1. The van der Waals surface area contributed by atoms with Crippen LogP contribution in [0.1, 0.15) is 22.6 Å². The summed E-state index contributed by atoms with van der Waals surface area (Å²) in [6.07, 6.45) is 2.36. The minimum absolute atomic E-state index is 0.573. The molecule has 1 atom stereocenters. The highest BCUT2D eigenvalue weighted by Crippen LogP contribution is 2.24. The van der Waals surface area contributed by atoms with E-state index in [-0.39, 0.29) is 0 Å². The molecule has 1 N–H and O–H groups in total. The smallest absolute Gasteiger partial charge is 0.0798 e. The van der Waals surface area contributed by atoms with Crippen molar-refractivity contribution in [3.8, 4) is 0 Å². The lowest BCUT2D eigenvalue weighted by Crippen LogP contribution is -2.36. The molecule has 2 heterocycles.